The molecule has 0 aromatic heterocycles. The lowest BCUT2D eigenvalue weighted by Gasteiger charge is -2.36. The maximum Gasteiger partial charge on any atom is 0.222 e. The zero-order chi connectivity index (χ0) is 16.1. The maximum atomic E-state index is 12.4. The van der Waals surface area contributed by atoms with Gasteiger partial charge >= 0.3 is 0 Å². The van der Waals surface area contributed by atoms with E-state index in [1.54, 1.807) is 0 Å². The summed E-state index contributed by atoms with van der Waals surface area (Å²) >= 11 is 0. The molecule has 0 unspecified atom stereocenters. The van der Waals surface area contributed by atoms with E-state index in [1.807, 2.05) is 9.80 Å². The highest BCUT2D eigenvalue weighted by atomic mass is 16.2. The molecule has 0 atom stereocenters. The quantitative estimate of drug-likeness (QED) is 0.798. The number of carbonyl (C=O) groups is 2. The Kier molecular flexibility index (Phi) is 5.96. The van der Waals surface area contributed by atoms with Crippen LogP contribution in [0.5, 0.6) is 0 Å². The molecule has 2 saturated carbocycles. The Hall–Kier alpha value is -1.06. The number of rotatable bonds is 4. The molecule has 0 spiro atoms. The molecule has 4 heteroatoms. The normalized spacial score (nSPS) is 24.2. The van der Waals surface area contributed by atoms with E-state index in [4.69, 9.17) is 0 Å². The summed E-state index contributed by atoms with van der Waals surface area (Å²) in [6.45, 7) is 2.95. The minimum Gasteiger partial charge on any atom is -0.339 e. The molecule has 0 N–H and O–H groups in total. The van der Waals surface area contributed by atoms with Crippen LogP contribution in [0.3, 0.4) is 0 Å². The van der Waals surface area contributed by atoms with E-state index in [1.165, 1.54) is 57.8 Å². The van der Waals surface area contributed by atoms with Gasteiger partial charge in [0.25, 0.3) is 0 Å². The van der Waals surface area contributed by atoms with Crippen molar-refractivity contribution in [2.24, 2.45) is 11.8 Å². The van der Waals surface area contributed by atoms with E-state index in [9.17, 15) is 9.59 Å². The van der Waals surface area contributed by atoms with E-state index < -0.39 is 0 Å². The first kappa shape index (κ1) is 16.8. The van der Waals surface area contributed by atoms with Crippen molar-refractivity contribution in [2.45, 2.75) is 70.6 Å². The van der Waals surface area contributed by atoms with Gasteiger partial charge in [-0.25, -0.2) is 0 Å². The van der Waals surface area contributed by atoms with Crippen LogP contribution in [0.15, 0.2) is 0 Å². The molecular formula is C19H32N2O2. The molecule has 1 saturated heterocycles. The van der Waals surface area contributed by atoms with Crippen LogP contribution in [0.1, 0.15) is 70.6 Å². The lowest BCUT2D eigenvalue weighted by Crippen LogP contribution is -2.51. The van der Waals surface area contributed by atoms with Gasteiger partial charge < -0.3 is 9.80 Å². The molecule has 3 rings (SSSR count). The third kappa shape index (κ3) is 4.71. The summed E-state index contributed by atoms with van der Waals surface area (Å²) in [6, 6.07) is 0. The van der Waals surface area contributed by atoms with Crippen molar-refractivity contribution < 1.29 is 9.59 Å². The van der Waals surface area contributed by atoms with Crippen molar-refractivity contribution in [3.05, 3.63) is 0 Å². The zero-order valence-corrected chi connectivity index (χ0v) is 14.5. The van der Waals surface area contributed by atoms with Crippen molar-refractivity contribution in [3.8, 4) is 0 Å². The number of hydrogen-bond acceptors (Lipinski definition) is 2. The number of carbonyl (C=O) groups excluding carboxylic acids is 2. The second-order valence-electron chi connectivity index (χ2n) is 7.82. The monoisotopic (exact) mass is 320 g/mol. The second kappa shape index (κ2) is 8.16. The van der Waals surface area contributed by atoms with Gasteiger partial charge in [-0.2, -0.15) is 0 Å². The molecule has 2 amide bonds. The molecule has 1 aliphatic heterocycles. The first-order chi connectivity index (χ1) is 11.2. The first-order valence-electron chi connectivity index (χ1n) is 9.78. The lowest BCUT2D eigenvalue weighted by atomic mass is 9.86. The summed E-state index contributed by atoms with van der Waals surface area (Å²) in [4.78, 5) is 28.8. The summed E-state index contributed by atoms with van der Waals surface area (Å²) < 4.78 is 0. The molecule has 4 nitrogen and oxygen atoms in total. The fourth-order valence-corrected chi connectivity index (χ4v) is 4.56. The van der Waals surface area contributed by atoms with Crippen LogP contribution in [0.2, 0.25) is 0 Å². The molecule has 3 aliphatic rings. The Morgan fingerprint density at radius 3 is 1.35 bits per heavy atom. The zero-order valence-electron chi connectivity index (χ0n) is 14.5. The molecule has 0 aromatic rings. The highest BCUT2D eigenvalue weighted by Gasteiger charge is 2.28. The number of piperazine rings is 1. The highest BCUT2D eigenvalue weighted by Crippen LogP contribution is 2.29. The molecule has 0 radical (unpaired) electrons. The van der Waals surface area contributed by atoms with Gasteiger partial charge in [-0.05, 0) is 37.5 Å². The number of nitrogens with zero attached hydrogens (tertiary/aromatic N) is 2. The van der Waals surface area contributed by atoms with Crippen LogP contribution in [0, 0.1) is 11.8 Å². The summed E-state index contributed by atoms with van der Waals surface area (Å²) in [5.74, 6) is 1.86. The summed E-state index contributed by atoms with van der Waals surface area (Å²) in [7, 11) is 0. The van der Waals surface area contributed by atoms with Gasteiger partial charge in [0.1, 0.15) is 0 Å². The fraction of sp³-hybridized carbons (Fsp3) is 0.895. The average molecular weight is 320 g/mol. The van der Waals surface area contributed by atoms with Gasteiger partial charge in [-0.3, -0.25) is 9.59 Å². The Morgan fingerprint density at radius 1 is 0.609 bits per heavy atom. The van der Waals surface area contributed by atoms with Crippen molar-refractivity contribution in [1.29, 1.82) is 0 Å². The van der Waals surface area contributed by atoms with E-state index in [0.29, 0.717) is 23.7 Å². The Bertz CT molecular complexity index is 404. The molecule has 0 bridgehead atoms. The predicted octanol–water partition coefficient (Wildman–Crippen LogP) is 3.21. The Balaban J connectivity index is 1.38. The van der Waals surface area contributed by atoms with Gasteiger partial charge in [0.2, 0.25) is 11.8 Å². The van der Waals surface area contributed by atoms with Gasteiger partial charge in [0.15, 0.2) is 0 Å². The number of amides is 2. The van der Waals surface area contributed by atoms with E-state index in [-0.39, 0.29) is 0 Å². The minimum atomic E-state index is 0.316. The molecular weight excluding hydrogens is 288 g/mol. The third-order valence-corrected chi connectivity index (χ3v) is 6.11. The Labute approximate surface area is 140 Å². The number of hydrogen-bond donors (Lipinski definition) is 0. The van der Waals surface area contributed by atoms with Gasteiger partial charge in [-0.15, -0.1) is 0 Å². The average Bonchev–Trinajstić information content (AvgIpc) is 3.09. The first-order valence-corrected chi connectivity index (χ1v) is 9.78. The van der Waals surface area contributed by atoms with Crippen LogP contribution in [-0.2, 0) is 9.59 Å². The van der Waals surface area contributed by atoms with Crippen LogP contribution >= 0.6 is 0 Å². The lowest BCUT2D eigenvalue weighted by molar-refractivity contribution is -0.140. The SMILES string of the molecule is O=C(CC1CCCCC1)N1CCN(C(=O)CC2CCCC2)CC1. The standard InChI is InChI=1S/C19H32N2O2/c22-18(14-16-6-2-1-3-7-16)20-10-12-21(13-11-20)19(23)15-17-8-4-5-9-17/h16-17H,1-15H2. The molecule has 130 valence electrons. The van der Waals surface area contributed by atoms with Crippen LogP contribution in [-0.4, -0.2) is 47.8 Å². The van der Waals surface area contributed by atoms with Crippen LogP contribution in [0.4, 0.5) is 0 Å². The van der Waals surface area contributed by atoms with Gasteiger partial charge in [0.05, 0.1) is 0 Å². The minimum absolute atomic E-state index is 0.316. The molecule has 2 aliphatic carbocycles. The van der Waals surface area contributed by atoms with Crippen molar-refractivity contribution in [1.82, 2.24) is 9.80 Å². The second-order valence-corrected chi connectivity index (χ2v) is 7.82. The maximum absolute atomic E-state index is 12.4. The van der Waals surface area contributed by atoms with Crippen molar-refractivity contribution in [3.63, 3.8) is 0 Å². The van der Waals surface area contributed by atoms with Crippen molar-refractivity contribution in [2.75, 3.05) is 26.2 Å². The van der Waals surface area contributed by atoms with Crippen LogP contribution in [0.25, 0.3) is 0 Å². The highest BCUT2D eigenvalue weighted by molar-refractivity contribution is 5.78. The van der Waals surface area contributed by atoms with Crippen LogP contribution < -0.4 is 0 Å². The smallest absolute Gasteiger partial charge is 0.222 e. The van der Waals surface area contributed by atoms with Gasteiger partial charge in [0, 0.05) is 39.0 Å². The van der Waals surface area contributed by atoms with Crippen molar-refractivity contribution >= 4 is 11.8 Å². The fourth-order valence-electron chi connectivity index (χ4n) is 4.56. The molecule has 3 fully saturated rings. The van der Waals surface area contributed by atoms with E-state index in [0.717, 1.165) is 39.0 Å². The molecule has 0 aromatic carbocycles. The van der Waals surface area contributed by atoms with E-state index >= 15 is 0 Å². The summed E-state index contributed by atoms with van der Waals surface area (Å²) in [5.41, 5.74) is 0. The topological polar surface area (TPSA) is 40.6 Å². The largest absolute Gasteiger partial charge is 0.339 e. The summed E-state index contributed by atoms with van der Waals surface area (Å²) in [5, 5.41) is 0. The summed E-state index contributed by atoms with van der Waals surface area (Å²) in [6.07, 6.45) is 12.9. The third-order valence-electron chi connectivity index (χ3n) is 6.11. The predicted molar refractivity (Wildman–Crippen MR) is 90.9 cm³/mol. The molecule has 1 heterocycles. The molecule has 23 heavy (non-hydrogen) atoms. The van der Waals surface area contributed by atoms with E-state index in [2.05, 4.69) is 0 Å². The Morgan fingerprint density at radius 2 is 0.957 bits per heavy atom. The van der Waals surface area contributed by atoms with Gasteiger partial charge in [-0.1, -0.05) is 32.1 Å².